The largest absolute Gasteiger partial charge is 0.403 e. The van der Waals surface area contributed by atoms with Gasteiger partial charge in [0, 0.05) is 22.4 Å². The number of hydrogen-bond donors (Lipinski definition) is 1. The van der Waals surface area contributed by atoms with Crippen LogP contribution < -0.4 is 5.32 Å². The van der Waals surface area contributed by atoms with E-state index in [1.54, 1.807) is 30.3 Å². The Balaban J connectivity index is 1.77. The molecule has 0 saturated heterocycles. The van der Waals surface area contributed by atoms with E-state index >= 15 is 0 Å². The Bertz CT molecular complexity index is 1030. The molecule has 2 aromatic carbocycles. The lowest BCUT2D eigenvalue weighted by molar-refractivity contribution is 0.102. The number of benzene rings is 2. The first-order valence-electron chi connectivity index (χ1n) is 7.04. The minimum absolute atomic E-state index is 0.0767. The van der Waals surface area contributed by atoms with Crippen molar-refractivity contribution in [1.82, 2.24) is 10.2 Å². The summed E-state index contributed by atoms with van der Waals surface area (Å²) in [6.45, 7) is 0. The summed E-state index contributed by atoms with van der Waals surface area (Å²) < 4.78 is 28.3. The maximum absolute atomic E-state index is 12.1. The molecule has 0 unspecified atom stereocenters. The highest BCUT2D eigenvalue weighted by Gasteiger charge is 2.14. The van der Waals surface area contributed by atoms with Gasteiger partial charge in [-0.1, -0.05) is 22.8 Å². The van der Waals surface area contributed by atoms with Crippen molar-refractivity contribution in [2.45, 2.75) is 4.90 Å². The van der Waals surface area contributed by atoms with Crippen molar-refractivity contribution in [3.05, 3.63) is 59.1 Å². The van der Waals surface area contributed by atoms with Crippen LogP contribution in [0.5, 0.6) is 0 Å². The number of nitrogens with one attached hydrogen (secondary N) is 1. The fourth-order valence-corrected chi connectivity index (χ4v) is 2.85. The normalized spacial score (nSPS) is 11.3. The van der Waals surface area contributed by atoms with Gasteiger partial charge in [0.05, 0.1) is 4.90 Å². The second-order valence-corrected chi connectivity index (χ2v) is 7.63. The number of sulfone groups is 1. The molecule has 0 aliphatic rings. The quantitative estimate of drug-likeness (QED) is 0.749. The second kappa shape index (κ2) is 6.66. The van der Waals surface area contributed by atoms with Crippen LogP contribution in [0.2, 0.25) is 5.02 Å². The third kappa shape index (κ3) is 4.04. The second-order valence-electron chi connectivity index (χ2n) is 5.17. The van der Waals surface area contributed by atoms with E-state index in [0.717, 1.165) is 6.26 Å². The Morgan fingerprint density at radius 1 is 1.12 bits per heavy atom. The molecule has 3 aromatic rings. The molecular formula is C16H12ClN3O4S. The van der Waals surface area contributed by atoms with Gasteiger partial charge in [0.1, 0.15) is 0 Å². The zero-order valence-corrected chi connectivity index (χ0v) is 14.5. The zero-order valence-electron chi connectivity index (χ0n) is 12.9. The molecule has 0 fully saturated rings. The molecule has 0 atom stereocenters. The molecule has 3 rings (SSSR count). The van der Waals surface area contributed by atoms with Crippen LogP contribution in [0.3, 0.4) is 0 Å². The standard InChI is InChI=1S/C16H12ClN3O4S/c1-25(22,23)13-7-5-10(6-8-13)15-19-20-16(24-15)18-14(21)11-3-2-4-12(17)9-11/h2-9H,1H3,(H,18,20,21). The van der Waals surface area contributed by atoms with E-state index in [1.807, 2.05) is 0 Å². The molecule has 0 saturated carbocycles. The van der Waals surface area contributed by atoms with Crippen molar-refractivity contribution in [2.75, 3.05) is 11.6 Å². The average Bonchev–Trinajstić information content (AvgIpc) is 3.02. The van der Waals surface area contributed by atoms with Gasteiger partial charge >= 0.3 is 6.01 Å². The molecule has 0 bridgehead atoms. The van der Waals surface area contributed by atoms with Crippen molar-refractivity contribution in [1.29, 1.82) is 0 Å². The van der Waals surface area contributed by atoms with E-state index in [9.17, 15) is 13.2 Å². The minimum Gasteiger partial charge on any atom is -0.403 e. The topological polar surface area (TPSA) is 102 Å². The smallest absolute Gasteiger partial charge is 0.322 e. The van der Waals surface area contributed by atoms with Crippen LogP contribution in [0.4, 0.5) is 6.01 Å². The van der Waals surface area contributed by atoms with E-state index in [1.165, 1.54) is 18.2 Å². The van der Waals surface area contributed by atoms with Crippen molar-refractivity contribution in [2.24, 2.45) is 0 Å². The SMILES string of the molecule is CS(=O)(=O)c1ccc(-c2nnc(NC(=O)c3cccc(Cl)c3)o2)cc1. The number of rotatable bonds is 4. The van der Waals surface area contributed by atoms with E-state index < -0.39 is 15.7 Å². The minimum atomic E-state index is -3.28. The van der Waals surface area contributed by atoms with Crippen molar-refractivity contribution in [3.63, 3.8) is 0 Å². The Hall–Kier alpha value is -2.71. The molecule has 0 aliphatic heterocycles. The third-order valence-electron chi connectivity index (χ3n) is 3.26. The first kappa shape index (κ1) is 17.1. The van der Waals surface area contributed by atoms with Crippen LogP contribution in [0.25, 0.3) is 11.5 Å². The summed E-state index contributed by atoms with van der Waals surface area (Å²) in [7, 11) is -3.28. The molecule has 128 valence electrons. The fourth-order valence-electron chi connectivity index (χ4n) is 2.03. The first-order chi connectivity index (χ1) is 11.8. The lowest BCUT2D eigenvalue weighted by Gasteiger charge is -2.01. The molecule has 0 radical (unpaired) electrons. The highest BCUT2D eigenvalue weighted by atomic mass is 35.5. The van der Waals surface area contributed by atoms with Gasteiger partial charge in [0.2, 0.25) is 5.89 Å². The number of anilines is 1. The van der Waals surface area contributed by atoms with Crippen LogP contribution in [0.15, 0.2) is 57.8 Å². The van der Waals surface area contributed by atoms with E-state index in [4.69, 9.17) is 16.0 Å². The van der Waals surface area contributed by atoms with Gasteiger partial charge in [0.25, 0.3) is 5.91 Å². The van der Waals surface area contributed by atoms with Crippen LogP contribution >= 0.6 is 11.6 Å². The lowest BCUT2D eigenvalue weighted by atomic mass is 10.2. The maximum Gasteiger partial charge on any atom is 0.322 e. The molecule has 7 nitrogen and oxygen atoms in total. The Kier molecular flexibility index (Phi) is 4.56. The Morgan fingerprint density at radius 3 is 2.48 bits per heavy atom. The molecule has 0 aliphatic carbocycles. The van der Waals surface area contributed by atoms with Crippen LogP contribution in [0.1, 0.15) is 10.4 Å². The fraction of sp³-hybridized carbons (Fsp3) is 0.0625. The number of nitrogens with zero attached hydrogens (tertiary/aromatic N) is 2. The average molecular weight is 378 g/mol. The number of halogens is 1. The lowest BCUT2D eigenvalue weighted by Crippen LogP contribution is -2.11. The van der Waals surface area contributed by atoms with Crippen molar-refractivity contribution in [3.8, 4) is 11.5 Å². The van der Waals surface area contributed by atoms with E-state index in [-0.39, 0.29) is 16.8 Å². The summed E-state index contributed by atoms with van der Waals surface area (Å²) in [4.78, 5) is 12.3. The number of aromatic nitrogens is 2. The molecule has 0 spiro atoms. The van der Waals surface area contributed by atoms with Gasteiger partial charge in [0.15, 0.2) is 9.84 Å². The molecule has 1 amide bonds. The number of carbonyl (C=O) groups excluding carboxylic acids is 1. The molecule has 1 aromatic heterocycles. The van der Waals surface area contributed by atoms with Gasteiger partial charge in [-0.3, -0.25) is 10.1 Å². The molecular weight excluding hydrogens is 366 g/mol. The van der Waals surface area contributed by atoms with Crippen molar-refractivity contribution >= 4 is 33.4 Å². The Morgan fingerprint density at radius 2 is 1.84 bits per heavy atom. The highest BCUT2D eigenvalue weighted by Crippen LogP contribution is 2.22. The van der Waals surface area contributed by atoms with Gasteiger partial charge in [-0.25, -0.2) is 8.42 Å². The third-order valence-corrected chi connectivity index (χ3v) is 4.63. The molecule has 1 heterocycles. The monoisotopic (exact) mass is 377 g/mol. The number of hydrogen-bond acceptors (Lipinski definition) is 6. The molecule has 25 heavy (non-hydrogen) atoms. The van der Waals surface area contributed by atoms with E-state index in [2.05, 4.69) is 15.5 Å². The zero-order chi connectivity index (χ0) is 18.0. The van der Waals surface area contributed by atoms with Crippen LogP contribution in [-0.2, 0) is 9.84 Å². The van der Waals surface area contributed by atoms with E-state index in [0.29, 0.717) is 16.1 Å². The summed E-state index contributed by atoms with van der Waals surface area (Å²) >= 11 is 5.85. The number of amides is 1. The predicted octanol–water partition coefficient (Wildman–Crippen LogP) is 3.05. The van der Waals surface area contributed by atoms with Gasteiger partial charge < -0.3 is 4.42 Å². The van der Waals surface area contributed by atoms with Gasteiger partial charge in [-0.05, 0) is 42.5 Å². The summed E-state index contributed by atoms with van der Waals surface area (Å²) in [6.07, 6.45) is 1.12. The summed E-state index contributed by atoms with van der Waals surface area (Å²) in [5.41, 5.74) is 0.882. The summed E-state index contributed by atoms with van der Waals surface area (Å²) in [5.74, 6) is -0.286. The number of carbonyl (C=O) groups is 1. The molecule has 9 heteroatoms. The highest BCUT2D eigenvalue weighted by molar-refractivity contribution is 7.90. The van der Waals surface area contributed by atoms with Crippen LogP contribution in [0, 0.1) is 0 Å². The summed E-state index contributed by atoms with van der Waals surface area (Å²) in [5, 5.41) is 10.5. The van der Waals surface area contributed by atoms with Gasteiger partial charge in [-0.15, -0.1) is 5.10 Å². The summed E-state index contributed by atoms with van der Waals surface area (Å²) in [6, 6.07) is 12.3. The predicted molar refractivity (Wildman–Crippen MR) is 92.2 cm³/mol. The van der Waals surface area contributed by atoms with Crippen LogP contribution in [-0.4, -0.2) is 30.8 Å². The Labute approximate surface area is 148 Å². The first-order valence-corrected chi connectivity index (χ1v) is 9.31. The maximum atomic E-state index is 12.1. The van der Waals surface area contributed by atoms with Gasteiger partial charge in [-0.2, -0.15) is 0 Å². The molecule has 1 N–H and O–H groups in total. The van der Waals surface area contributed by atoms with Crippen molar-refractivity contribution < 1.29 is 17.6 Å².